The molecule has 0 saturated heterocycles. The number of hydrogen-bond acceptors (Lipinski definition) is 3. The summed E-state index contributed by atoms with van der Waals surface area (Å²) in [6.07, 6.45) is 3.31. The lowest BCUT2D eigenvalue weighted by Crippen LogP contribution is -2.30. The molecule has 0 aliphatic heterocycles. The Kier molecular flexibility index (Phi) is 6.94. The first-order valence-corrected chi connectivity index (χ1v) is 6.75. The van der Waals surface area contributed by atoms with Gasteiger partial charge in [-0.15, -0.1) is 0 Å². The number of nitrogens with one attached hydrogen (secondary N) is 1. The number of hydrazine groups is 1. The fraction of sp³-hybridized carbons (Fsp3) is 0.600. The van der Waals surface area contributed by atoms with E-state index in [0.29, 0.717) is 5.92 Å². The van der Waals surface area contributed by atoms with Gasteiger partial charge in [0.15, 0.2) is 0 Å². The van der Waals surface area contributed by atoms with Crippen LogP contribution in [0.4, 0.5) is 0 Å². The van der Waals surface area contributed by atoms with Crippen LogP contribution < -0.4 is 11.3 Å². The van der Waals surface area contributed by atoms with Crippen LogP contribution in [0.3, 0.4) is 0 Å². The number of ether oxygens (including phenoxy) is 1. The average Bonchev–Trinajstić information content (AvgIpc) is 2.38. The first-order valence-electron chi connectivity index (χ1n) is 6.75. The fourth-order valence-corrected chi connectivity index (χ4v) is 2.26. The molecule has 0 spiro atoms. The lowest BCUT2D eigenvalue weighted by atomic mass is 9.95. The van der Waals surface area contributed by atoms with Gasteiger partial charge in [-0.25, -0.2) is 0 Å². The number of aryl methyl sites for hydroxylation is 1. The van der Waals surface area contributed by atoms with Crippen LogP contribution in [0.15, 0.2) is 24.3 Å². The number of nitrogens with two attached hydrogens (primary N) is 1. The third-order valence-electron chi connectivity index (χ3n) is 3.21. The maximum absolute atomic E-state index is 5.66. The summed E-state index contributed by atoms with van der Waals surface area (Å²) in [5.74, 6) is 6.15. The maximum Gasteiger partial charge on any atom is 0.0488 e. The van der Waals surface area contributed by atoms with Crippen LogP contribution in [0.5, 0.6) is 0 Å². The monoisotopic (exact) mass is 250 g/mol. The van der Waals surface area contributed by atoms with Crippen LogP contribution in [0, 0.1) is 5.92 Å². The predicted molar refractivity (Wildman–Crippen MR) is 76.2 cm³/mol. The summed E-state index contributed by atoms with van der Waals surface area (Å²) in [4.78, 5) is 0. The van der Waals surface area contributed by atoms with E-state index in [-0.39, 0.29) is 6.04 Å². The molecule has 0 fully saturated rings. The Hall–Kier alpha value is -0.900. The molecule has 0 aromatic heterocycles. The summed E-state index contributed by atoms with van der Waals surface area (Å²) in [7, 11) is 1.74. The van der Waals surface area contributed by atoms with Crippen molar-refractivity contribution in [2.24, 2.45) is 11.8 Å². The molecule has 1 aromatic rings. The van der Waals surface area contributed by atoms with Crippen molar-refractivity contribution in [1.82, 2.24) is 5.43 Å². The van der Waals surface area contributed by atoms with Crippen molar-refractivity contribution in [2.45, 2.75) is 39.2 Å². The molecule has 0 aliphatic rings. The van der Waals surface area contributed by atoms with Gasteiger partial charge < -0.3 is 4.74 Å². The van der Waals surface area contributed by atoms with Crippen LogP contribution in [0.2, 0.25) is 0 Å². The van der Waals surface area contributed by atoms with E-state index in [1.54, 1.807) is 7.11 Å². The molecule has 0 aliphatic carbocycles. The highest BCUT2D eigenvalue weighted by molar-refractivity contribution is 5.25. The molecule has 0 amide bonds. The standard InChI is InChI=1S/C15H26N2O/c1-4-5-13-6-8-14(9-7-13)15(17-16)10-12(2)11-18-3/h6-9,12,15,17H,4-5,10-11,16H2,1-3H3. The van der Waals surface area contributed by atoms with Crippen molar-refractivity contribution in [3.63, 3.8) is 0 Å². The van der Waals surface area contributed by atoms with E-state index in [2.05, 4.69) is 43.5 Å². The van der Waals surface area contributed by atoms with Gasteiger partial charge >= 0.3 is 0 Å². The molecule has 0 bridgehead atoms. The van der Waals surface area contributed by atoms with Crippen molar-refractivity contribution >= 4 is 0 Å². The number of methoxy groups -OCH3 is 1. The van der Waals surface area contributed by atoms with Crippen LogP contribution in [-0.2, 0) is 11.2 Å². The van der Waals surface area contributed by atoms with E-state index < -0.39 is 0 Å². The van der Waals surface area contributed by atoms with Gasteiger partial charge in [-0.1, -0.05) is 44.5 Å². The van der Waals surface area contributed by atoms with Gasteiger partial charge in [0.2, 0.25) is 0 Å². The van der Waals surface area contributed by atoms with Crippen molar-refractivity contribution in [2.75, 3.05) is 13.7 Å². The number of rotatable bonds is 8. The molecule has 1 aromatic carbocycles. The Morgan fingerprint density at radius 1 is 1.28 bits per heavy atom. The minimum absolute atomic E-state index is 0.200. The third-order valence-corrected chi connectivity index (χ3v) is 3.21. The van der Waals surface area contributed by atoms with Crippen molar-refractivity contribution < 1.29 is 4.74 Å². The first kappa shape index (κ1) is 15.2. The number of benzene rings is 1. The molecule has 0 heterocycles. The van der Waals surface area contributed by atoms with Gasteiger partial charge in [-0.3, -0.25) is 11.3 Å². The number of hydrogen-bond donors (Lipinski definition) is 2. The topological polar surface area (TPSA) is 47.3 Å². The second kappa shape index (κ2) is 8.25. The van der Waals surface area contributed by atoms with E-state index in [4.69, 9.17) is 10.6 Å². The quantitative estimate of drug-likeness (QED) is 0.551. The molecular weight excluding hydrogens is 224 g/mol. The van der Waals surface area contributed by atoms with E-state index in [0.717, 1.165) is 19.4 Å². The molecule has 0 radical (unpaired) electrons. The third kappa shape index (κ3) is 4.77. The zero-order valence-electron chi connectivity index (χ0n) is 11.8. The molecule has 1 rings (SSSR count). The molecule has 2 unspecified atom stereocenters. The highest BCUT2D eigenvalue weighted by atomic mass is 16.5. The van der Waals surface area contributed by atoms with Crippen LogP contribution in [0.1, 0.15) is 43.9 Å². The molecular formula is C15H26N2O. The zero-order chi connectivity index (χ0) is 13.4. The highest BCUT2D eigenvalue weighted by Gasteiger charge is 2.13. The Labute approximate surface area is 111 Å². The molecule has 3 nitrogen and oxygen atoms in total. The normalized spacial score (nSPS) is 14.4. The molecule has 2 atom stereocenters. The molecule has 3 N–H and O–H groups in total. The Balaban J connectivity index is 2.63. The molecule has 0 saturated carbocycles. The van der Waals surface area contributed by atoms with Crippen molar-refractivity contribution in [3.8, 4) is 0 Å². The second-order valence-corrected chi connectivity index (χ2v) is 5.01. The molecule has 102 valence electrons. The Bertz CT molecular complexity index is 324. The van der Waals surface area contributed by atoms with Crippen molar-refractivity contribution in [1.29, 1.82) is 0 Å². The second-order valence-electron chi connectivity index (χ2n) is 5.01. The maximum atomic E-state index is 5.66. The highest BCUT2D eigenvalue weighted by Crippen LogP contribution is 2.21. The lowest BCUT2D eigenvalue weighted by molar-refractivity contribution is 0.149. The lowest BCUT2D eigenvalue weighted by Gasteiger charge is -2.20. The van der Waals surface area contributed by atoms with Crippen LogP contribution in [0.25, 0.3) is 0 Å². The minimum Gasteiger partial charge on any atom is -0.384 e. The van der Waals surface area contributed by atoms with Gasteiger partial charge in [0, 0.05) is 19.8 Å². The largest absolute Gasteiger partial charge is 0.384 e. The fourth-order valence-electron chi connectivity index (χ4n) is 2.26. The van der Waals surface area contributed by atoms with Gasteiger partial charge in [0.1, 0.15) is 0 Å². The first-order chi connectivity index (χ1) is 8.71. The van der Waals surface area contributed by atoms with E-state index >= 15 is 0 Å². The van der Waals surface area contributed by atoms with Crippen LogP contribution >= 0.6 is 0 Å². The van der Waals surface area contributed by atoms with Gasteiger partial charge in [0.25, 0.3) is 0 Å². The zero-order valence-corrected chi connectivity index (χ0v) is 11.8. The smallest absolute Gasteiger partial charge is 0.0488 e. The SMILES string of the molecule is CCCc1ccc(C(CC(C)COC)NN)cc1. The van der Waals surface area contributed by atoms with Gasteiger partial charge in [-0.2, -0.15) is 0 Å². The minimum atomic E-state index is 0.200. The van der Waals surface area contributed by atoms with Crippen molar-refractivity contribution in [3.05, 3.63) is 35.4 Å². The summed E-state index contributed by atoms with van der Waals surface area (Å²) >= 11 is 0. The molecule has 3 heteroatoms. The summed E-state index contributed by atoms with van der Waals surface area (Å²) in [6.45, 7) is 5.15. The van der Waals surface area contributed by atoms with Crippen LogP contribution in [-0.4, -0.2) is 13.7 Å². The van der Waals surface area contributed by atoms with Gasteiger partial charge in [0.05, 0.1) is 0 Å². The van der Waals surface area contributed by atoms with E-state index in [1.807, 2.05) is 0 Å². The average molecular weight is 250 g/mol. The Morgan fingerprint density at radius 3 is 2.44 bits per heavy atom. The predicted octanol–water partition coefficient (Wildman–Crippen LogP) is 2.82. The summed E-state index contributed by atoms with van der Waals surface area (Å²) in [5, 5.41) is 0. The van der Waals surface area contributed by atoms with Gasteiger partial charge in [-0.05, 0) is 29.9 Å². The van der Waals surface area contributed by atoms with E-state index in [9.17, 15) is 0 Å². The van der Waals surface area contributed by atoms with E-state index in [1.165, 1.54) is 17.5 Å². The summed E-state index contributed by atoms with van der Waals surface area (Å²) in [5.41, 5.74) is 5.54. The summed E-state index contributed by atoms with van der Waals surface area (Å²) < 4.78 is 5.17. The summed E-state index contributed by atoms with van der Waals surface area (Å²) in [6, 6.07) is 8.95. The Morgan fingerprint density at radius 2 is 1.94 bits per heavy atom. The molecule has 18 heavy (non-hydrogen) atoms.